The molecule has 0 saturated carbocycles. The molecule has 1 aliphatic rings. The molecule has 1 heterocycles. The van der Waals surface area contributed by atoms with Gasteiger partial charge in [0.2, 0.25) is 0 Å². The van der Waals surface area contributed by atoms with Gasteiger partial charge in [0, 0.05) is 10.5 Å². The zero-order chi connectivity index (χ0) is 15.9. The van der Waals surface area contributed by atoms with Crippen molar-refractivity contribution in [2.45, 2.75) is 6.36 Å². The van der Waals surface area contributed by atoms with Crippen LogP contribution in [0.3, 0.4) is 0 Å². The summed E-state index contributed by atoms with van der Waals surface area (Å²) in [5.74, 6) is -0.827. The van der Waals surface area contributed by atoms with E-state index in [1.807, 2.05) is 0 Å². The van der Waals surface area contributed by atoms with Crippen LogP contribution >= 0.6 is 15.9 Å². The van der Waals surface area contributed by atoms with E-state index in [0.717, 1.165) is 10.5 Å². The fraction of sp³-hybridized carbons (Fsp3) is 0.0714. The Balaban J connectivity index is 1.99. The number of anilines is 3. The molecule has 2 N–H and O–H groups in total. The molecule has 1 aliphatic heterocycles. The summed E-state index contributed by atoms with van der Waals surface area (Å²) in [4.78, 5) is 12.2. The molecule has 0 fully saturated rings. The minimum atomic E-state index is -4.79. The Morgan fingerprint density at radius 1 is 0.955 bits per heavy atom. The van der Waals surface area contributed by atoms with E-state index < -0.39 is 18.0 Å². The van der Waals surface area contributed by atoms with Crippen molar-refractivity contribution in [2.75, 3.05) is 10.6 Å². The number of fused-ring (bicyclic) bond motifs is 2. The van der Waals surface area contributed by atoms with Gasteiger partial charge in [0.1, 0.15) is 5.75 Å². The van der Waals surface area contributed by atoms with Crippen LogP contribution in [0.15, 0.2) is 40.9 Å². The molecule has 4 nitrogen and oxygen atoms in total. The van der Waals surface area contributed by atoms with Gasteiger partial charge < -0.3 is 15.4 Å². The molecule has 2 aromatic carbocycles. The number of amides is 1. The van der Waals surface area contributed by atoms with Crippen LogP contribution in [0.2, 0.25) is 0 Å². The van der Waals surface area contributed by atoms with Gasteiger partial charge in [0.05, 0.1) is 22.6 Å². The number of hydrogen-bond donors (Lipinski definition) is 2. The molecule has 0 aliphatic carbocycles. The number of carbonyl (C=O) groups is 1. The van der Waals surface area contributed by atoms with Crippen molar-refractivity contribution in [3.05, 3.63) is 46.4 Å². The molecule has 8 heteroatoms. The fourth-order valence-corrected chi connectivity index (χ4v) is 2.44. The van der Waals surface area contributed by atoms with Crippen molar-refractivity contribution >= 4 is 38.9 Å². The van der Waals surface area contributed by atoms with E-state index in [-0.39, 0.29) is 5.69 Å². The molecule has 0 atom stereocenters. The third-order valence-corrected chi connectivity index (χ3v) is 3.46. The molecule has 0 bridgehead atoms. The van der Waals surface area contributed by atoms with E-state index in [9.17, 15) is 18.0 Å². The van der Waals surface area contributed by atoms with Crippen LogP contribution in [0.25, 0.3) is 0 Å². The predicted molar refractivity (Wildman–Crippen MR) is 78.5 cm³/mol. The number of ether oxygens (including phenoxy) is 1. The van der Waals surface area contributed by atoms with Crippen LogP contribution in [-0.2, 0) is 0 Å². The smallest absolute Gasteiger partial charge is 0.406 e. The van der Waals surface area contributed by atoms with Gasteiger partial charge in [-0.25, -0.2) is 0 Å². The number of halogens is 4. The maximum absolute atomic E-state index is 12.3. The van der Waals surface area contributed by atoms with Gasteiger partial charge in [-0.2, -0.15) is 0 Å². The quantitative estimate of drug-likeness (QED) is 0.765. The predicted octanol–water partition coefficient (Wildman–Crippen LogP) is 4.66. The van der Waals surface area contributed by atoms with Crippen molar-refractivity contribution in [3.63, 3.8) is 0 Å². The Morgan fingerprint density at radius 3 is 2.41 bits per heavy atom. The molecule has 114 valence electrons. The Morgan fingerprint density at radius 2 is 1.68 bits per heavy atom. The molecular formula is C14H8BrF3N2O2. The van der Waals surface area contributed by atoms with Crippen LogP contribution in [0.4, 0.5) is 30.2 Å². The summed E-state index contributed by atoms with van der Waals surface area (Å²) in [7, 11) is 0. The number of hydrogen-bond acceptors (Lipinski definition) is 3. The van der Waals surface area contributed by atoms with Gasteiger partial charge in [0.15, 0.2) is 0 Å². The lowest BCUT2D eigenvalue weighted by Crippen LogP contribution is -2.17. The zero-order valence-corrected chi connectivity index (χ0v) is 12.4. The first-order valence-corrected chi connectivity index (χ1v) is 6.89. The third kappa shape index (κ3) is 3.01. The number of rotatable bonds is 1. The summed E-state index contributed by atoms with van der Waals surface area (Å²) < 4.78 is 41.3. The minimum absolute atomic E-state index is 0.207. The van der Waals surface area contributed by atoms with Gasteiger partial charge in [-0.1, -0.05) is 15.9 Å². The van der Waals surface area contributed by atoms with Crippen molar-refractivity contribution in [3.8, 4) is 5.75 Å². The van der Waals surface area contributed by atoms with Crippen molar-refractivity contribution in [1.29, 1.82) is 0 Å². The first kappa shape index (κ1) is 14.7. The highest BCUT2D eigenvalue weighted by molar-refractivity contribution is 9.10. The van der Waals surface area contributed by atoms with E-state index in [1.165, 1.54) is 12.1 Å². The second kappa shape index (κ2) is 5.20. The minimum Gasteiger partial charge on any atom is -0.406 e. The van der Waals surface area contributed by atoms with Gasteiger partial charge in [-0.15, -0.1) is 13.2 Å². The van der Waals surface area contributed by atoms with Gasteiger partial charge >= 0.3 is 6.36 Å². The Hall–Kier alpha value is -2.22. The second-order valence-corrected chi connectivity index (χ2v) is 5.44. The average Bonchev–Trinajstić information content (AvgIpc) is 2.53. The SMILES string of the molecule is O=C1Nc2cc(OC(F)(F)F)ccc2Nc2ccc(Br)cc21. The van der Waals surface area contributed by atoms with E-state index in [1.54, 1.807) is 18.2 Å². The molecule has 1 amide bonds. The summed E-state index contributed by atoms with van der Waals surface area (Å²) in [6.45, 7) is 0. The highest BCUT2D eigenvalue weighted by Gasteiger charge is 2.31. The Bertz CT molecular complexity index is 762. The van der Waals surface area contributed by atoms with E-state index in [2.05, 4.69) is 31.3 Å². The van der Waals surface area contributed by atoms with Crippen molar-refractivity contribution in [2.24, 2.45) is 0 Å². The first-order chi connectivity index (χ1) is 10.3. The van der Waals surface area contributed by atoms with Crippen LogP contribution in [0, 0.1) is 0 Å². The molecule has 0 spiro atoms. The maximum atomic E-state index is 12.3. The Labute approximate surface area is 131 Å². The number of benzene rings is 2. The summed E-state index contributed by atoms with van der Waals surface area (Å²) in [6.07, 6.45) is -4.79. The topological polar surface area (TPSA) is 50.4 Å². The normalized spacial score (nSPS) is 13.4. The molecule has 0 radical (unpaired) electrons. The standard InChI is InChI=1S/C14H8BrF3N2O2/c15-7-1-3-10-9(5-7)13(21)20-12-6-8(22-14(16,17)18)2-4-11(12)19-10/h1-6,19H,(H,20,21). The molecular weight excluding hydrogens is 365 g/mol. The highest BCUT2D eigenvalue weighted by atomic mass is 79.9. The zero-order valence-electron chi connectivity index (χ0n) is 10.8. The van der Waals surface area contributed by atoms with Gasteiger partial charge in [-0.3, -0.25) is 4.79 Å². The lowest BCUT2D eigenvalue weighted by atomic mass is 10.1. The monoisotopic (exact) mass is 372 g/mol. The molecule has 0 saturated heterocycles. The largest absolute Gasteiger partial charge is 0.573 e. The second-order valence-electron chi connectivity index (χ2n) is 4.52. The third-order valence-electron chi connectivity index (χ3n) is 2.97. The summed E-state index contributed by atoms with van der Waals surface area (Å²) >= 11 is 3.27. The fourth-order valence-electron chi connectivity index (χ4n) is 2.08. The molecule has 22 heavy (non-hydrogen) atoms. The van der Waals surface area contributed by atoms with Crippen LogP contribution in [0.5, 0.6) is 5.75 Å². The number of nitrogens with one attached hydrogen (secondary N) is 2. The molecule has 2 aromatic rings. The lowest BCUT2D eigenvalue weighted by molar-refractivity contribution is -0.274. The van der Waals surface area contributed by atoms with Crippen LogP contribution in [-0.4, -0.2) is 12.3 Å². The van der Waals surface area contributed by atoms with Gasteiger partial charge in [-0.05, 0) is 30.3 Å². The number of carbonyl (C=O) groups excluding carboxylic acids is 1. The first-order valence-electron chi connectivity index (χ1n) is 6.09. The van der Waals surface area contributed by atoms with E-state index in [0.29, 0.717) is 16.9 Å². The van der Waals surface area contributed by atoms with Crippen LogP contribution in [0.1, 0.15) is 10.4 Å². The molecule has 0 aromatic heterocycles. The van der Waals surface area contributed by atoms with E-state index in [4.69, 9.17) is 0 Å². The average molecular weight is 373 g/mol. The number of alkyl halides is 3. The summed E-state index contributed by atoms with van der Waals surface area (Å²) in [6, 6.07) is 8.79. The Kier molecular flexibility index (Phi) is 3.48. The van der Waals surface area contributed by atoms with E-state index >= 15 is 0 Å². The van der Waals surface area contributed by atoms with Gasteiger partial charge in [0.25, 0.3) is 5.91 Å². The van der Waals surface area contributed by atoms with Crippen molar-refractivity contribution < 1.29 is 22.7 Å². The van der Waals surface area contributed by atoms with Crippen LogP contribution < -0.4 is 15.4 Å². The highest BCUT2D eigenvalue weighted by Crippen LogP contribution is 2.36. The van der Waals surface area contributed by atoms with Crippen molar-refractivity contribution in [1.82, 2.24) is 0 Å². The summed E-state index contributed by atoms with van der Waals surface area (Å²) in [5.41, 5.74) is 1.62. The maximum Gasteiger partial charge on any atom is 0.573 e. The molecule has 0 unspecified atom stereocenters. The summed E-state index contributed by atoms with van der Waals surface area (Å²) in [5, 5.41) is 5.57. The lowest BCUT2D eigenvalue weighted by Gasteiger charge is -2.12. The molecule has 3 rings (SSSR count).